The number of hydrogen-bond donors (Lipinski definition) is 3. The van der Waals surface area contributed by atoms with Crippen molar-refractivity contribution in [3.05, 3.63) is 29.4 Å². The zero-order valence-corrected chi connectivity index (χ0v) is 14.4. The van der Waals surface area contributed by atoms with Gasteiger partial charge >= 0.3 is 6.03 Å². The molecule has 0 saturated heterocycles. The molecule has 0 radical (unpaired) electrons. The van der Waals surface area contributed by atoms with Crippen LogP contribution in [0.4, 0.5) is 4.79 Å². The third kappa shape index (κ3) is 2.59. The van der Waals surface area contributed by atoms with Crippen molar-refractivity contribution in [2.75, 3.05) is 0 Å². The standard InChI is InChI=1S/C16H23N5O4/c1-15(2)13(11-7-6-10-25-11)20(23)16(21(15)24)9-5-3-4-8-12(16)18-19-14(17)22/h6-7,10,24H,3-5,8-9H2,1-2H3,(H3,17,19,22)/t16-/m0/s1. The van der Waals surface area contributed by atoms with Crippen LogP contribution in [0.1, 0.15) is 51.7 Å². The molecule has 0 unspecified atom stereocenters. The molecule has 0 aromatic carbocycles. The van der Waals surface area contributed by atoms with Crippen LogP contribution in [-0.2, 0) is 0 Å². The minimum Gasteiger partial charge on any atom is -0.622 e. The molecule has 1 aromatic rings. The molecule has 1 spiro atoms. The highest BCUT2D eigenvalue weighted by molar-refractivity contribution is 6.05. The maximum atomic E-state index is 13.4. The third-order valence-corrected chi connectivity index (χ3v) is 4.96. The number of hydroxylamine groups is 3. The fourth-order valence-corrected chi connectivity index (χ4v) is 3.80. The van der Waals surface area contributed by atoms with Gasteiger partial charge in [0.05, 0.1) is 6.26 Å². The fourth-order valence-electron chi connectivity index (χ4n) is 3.80. The van der Waals surface area contributed by atoms with E-state index in [2.05, 4.69) is 10.5 Å². The molecule has 1 saturated carbocycles. The SMILES string of the molecule is CC1(C)C(c2ccco2)=[N+]([O-])[C@@]2(CCCCCC2=NNC(N)=O)N1O. The Kier molecular flexibility index (Phi) is 4.29. The second-order valence-electron chi connectivity index (χ2n) is 6.90. The van der Waals surface area contributed by atoms with E-state index in [0.717, 1.165) is 29.1 Å². The lowest BCUT2D eigenvalue weighted by molar-refractivity contribution is -0.567. The number of nitrogens with zero attached hydrogens (tertiary/aromatic N) is 3. The van der Waals surface area contributed by atoms with Crippen molar-refractivity contribution < 1.29 is 19.2 Å². The molecule has 1 aromatic heterocycles. The van der Waals surface area contributed by atoms with Crippen molar-refractivity contribution in [2.24, 2.45) is 10.8 Å². The topological polar surface area (TPSA) is 130 Å². The average molecular weight is 349 g/mol. The summed E-state index contributed by atoms with van der Waals surface area (Å²) in [6.45, 7) is 3.49. The first kappa shape index (κ1) is 17.4. The van der Waals surface area contributed by atoms with E-state index < -0.39 is 17.2 Å². The molecule has 2 aliphatic rings. The van der Waals surface area contributed by atoms with E-state index in [1.807, 2.05) is 0 Å². The van der Waals surface area contributed by atoms with Gasteiger partial charge in [-0.05, 0) is 45.2 Å². The van der Waals surface area contributed by atoms with E-state index >= 15 is 0 Å². The van der Waals surface area contributed by atoms with Crippen molar-refractivity contribution in [1.82, 2.24) is 10.5 Å². The molecule has 2 heterocycles. The summed E-state index contributed by atoms with van der Waals surface area (Å²) < 4.78 is 6.20. The molecule has 1 aliphatic heterocycles. The first-order valence-electron chi connectivity index (χ1n) is 8.32. The number of amides is 2. The molecule has 4 N–H and O–H groups in total. The van der Waals surface area contributed by atoms with Gasteiger partial charge in [0.25, 0.3) is 11.4 Å². The predicted molar refractivity (Wildman–Crippen MR) is 90.1 cm³/mol. The Hall–Kier alpha value is -2.39. The summed E-state index contributed by atoms with van der Waals surface area (Å²) in [6.07, 6.45) is 4.77. The van der Waals surface area contributed by atoms with Crippen LogP contribution in [0.5, 0.6) is 0 Å². The minimum absolute atomic E-state index is 0.314. The summed E-state index contributed by atoms with van der Waals surface area (Å²) in [6, 6.07) is 2.56. The smallest absolute Gasteiger partial charge is 0.332 e. The molecule has 9 heteroatoms. The van der Waals surface area contributed by atoms with Crippen molar-refractivity contribution in [2.45, 2.75) is 57.2 Å². The number of furan rings is 1. The van der Waals surface area contributed by atoms with E-state index in [1.54, 1.807) is 26.0 Å². The van der Waals surface area contributed by atoms with E-state index in [-0.39, 0.29) is 0 Å². The van der Waals surface area contributed by atoms with Gasteiger partial charge in [-0.3, -0.25) is 0 Å². The fraction of sp³-hybridized carbons (Fsp3) is 0.562. The van der Waals surface area contributed by atoms with Crippen LogP contribution in [0.3, 0.4) is 0 Å². The molecular weight excluding hydrogens is 326 g/mol. The second kappa shape index (κ2) is 6.16. The summed E-state index contributed by atoms with van der Waals surface area (Å²) >= 11 is 0. The first-order valence-corrected chi connectivity index (χ1v) is 8.32. The van der Waals surface area contributed by atoms with Gasteiger partial charge < -0.3 is 20.6 Å². The molecule has 2 amide bonds. The number of hydrazone groups is 1. The van der Waals surface area contributed by atoms with Crippen LogP contribution >= 0.6 is 0 Å². The lowest BCUT2D eigenvalue weighted by atomic mass is 9.94. The van der Waals surface area contributed by atoms with Gasteiger partial charge in [-0.2, -0.15) is 9.84 Å². The maximum Gasteiger partial charge on any atom is 0.332 e. The third-order valence-electron chi connectivity index (χ3n) is 4.96. The number of nitrogens with one attached hydrogen (secondary N) is 1. The van der Waals surface area contributed by atoms with E-state index in [1.165, 1.54) is 6.26 Å². The van der Waals surface area contributed by atoms with Gasteiger partial charge in [-0.1, -0.05) is 6.42 Å². The van der Waals surface area contributed by atoms with Crippen LogP contribution in [-0.4, -0.2) is 43.7 Å². The number of urea groups is 1. The summed E-state index contributed by atoms with van der Waals surface area (Å²) in [7, 11) is 0. The summed E-state index contributed by atoms with van der Waals surface area (Å²) in [5.74, 6) is 0.391. The molecule has 3 rings (SSSR count). The average Bonchev–Trinajstić information content (AvgIpc) is 3.02. The van der Waals surface area contributed by atoms with Gasteiger partial charge in [-0.15, -0.1) is 5.06 Å². The molecule has 1 fully saturated rings. The Labute approximate surface area is 145 Å². The molecular formula is C16H23N5O4. The quantitative estimate of drug-likeness (QED) is 0.425. The van der Waals surface area contributed by atoms with Gasteiger partial charge in [-0.25, -0.2) is 10.2 Å². The van der Waals surface area contributed by atoms with Crippen molar-refractivity contribution in [3.8, 4) is 0 Å². The molecule has 9 nitrogen and oxygen atoms in total. The molecule has 25 heavy (non-hydrogen) atoms. The predicted octanol–water partition coefficient (Wildman–Crippen LogP) is 1.75. The Morgan fingerprint density at radius 3 is 2.88 bits per heavy atom. The second-order valence-corrected chi connectivity index (χ2v) is 6.90. The minimum atomic E-state index is -1.40. The van der Waals surface area contributed by atoms with Crippen LogP contribution in [0, 0.1) is 5.21 Å². The van der Waals surface area contributed by atoms with Gasteiger partial charge in [0, 0.05) is 6.42 Å². The van der Waals surface area contributed by atoms with E-state index in [4.69, 9.17) is 10.2 Å². The number of rotatable bonds is 2. The Morgan fingerprint density at radius 2 is 2.24 bits per heavy atom. The normalized spacial score (nSPS) is 28.5. The van der Waals surface area contributed by atoms with Crippen molar-refractivity contribution in [1.29, 1.82) is 0 Å². The number of nitrogens with two attached hydrogens (primary N) is 1. The molecule has 1 aliphatic carbocycles. The van der Waals surface area contributed by atoms with E-state index in [9.17, 15) is 15.2 Å². The maximum absolute atomic E-state index is 13.4. The largest absolute Gasteiger partial charge is 0.622 e. The first-order chi connectivity index (χ1) is 11.8. The highest BCUT2D eigenvalue weighted by atomic mass is 16.6. The highest BCUT2D eigenvalue weighted by Gasteiger charge is 2.65. The van der Waals surface area contributed by atoms with Crippen LogP contribution in [0.2, 0.25) is 0 Å². The Morgan fingerprint density at radius 1 is 1.48 bits per heavy atom. The van der Waals surface area contributed by atoms with Gasteiger partial charge in [0.15, 0.2) is 5.76 Å². The van der Waals surface area contributed by atoms with E-state index in [0.29, 0.717) is 30.0 Å². The zero-order chi connectivity index (χ0) is 18.2. The zero-order valence-electron chi connectivity index (χ0n) is 14.4. The van der Waals surface area contributed by atoms with Crippen LogP contribution < -0.4 is 11.2 Å². The van der Waals surface area contributed by atoms with Crippen LogP contribution in [0.15, 0.2) is 27.9 Å². The number of hydrogen-bond acceptors (Lipinski definition) is 6. The number of carbonyl (C=O) groups is 1. The highest BCUT2D eigenvalue weighted by Crippen LogP contribution is 2.41. The molecule has 136 valence electrons. The summed E-state index contributed by atoms with van der Waals surface area (Å²) in [5, 5.41) is 29.5. The lowest BCUT2D eigenvalue weighted by Crippen LogP contribution is -2.59. The van der Waals surface area contributed by atoms with Gasteiger partial charge in [0.1, 0.15) is 11.3 Å². The molecule has 1 atom stereocenters. The summed E-state index contributed by atoms with van der Waals surface area (Å²) in [4.78, 5) is 11.1. The molecule has 0 bridgehead atoms. The van der Waals surface area contributed by atoms with Crippen LogP contribution in [0.25, 0.3) is 0 Å². The Bertz CT molecular complexity index is 725. The number of carbonyl (C=O) groups excluding carboxylic acids is 1. The number of primary amides is 1. The van der Waals surface area contributed by atoms with Crippen molar-refractivity contribution in [3.63, 3.8) is 0 Å². The monoisotopic (exact) mass is 349 g/mol. The lowest BCUT2D eigenvalue weighted by Gasteiger charge is -2.35. The van der Waals surface area contributed by atoms with Gasteiger partial charge in [0.2, 0.25) is 0 Å². The Balaban J connectivity index is 2.19. The van der Waals surface area contributed by atoms with Crippen molar-refractivity contribution >= 4 is 17.5 Å². The summed E-state index contributed by atoms with van der Waals surface area (Å²) in [5.41, 5.74) is 5.62.